The molecule has 2 aromatic rings. The number of benzene rings is 2. The molecule has 4 nitrogen and oxygen atoms in total. The van der Waals surface area contributed by atoms with Crippen LogP contribution in [0.5, 0.6) is 11.5 Å². The Kier molecular flexibility index (Phi) is 13.4. The predicted molar refractivity (Wildman–Crippen MR) is 151 cm³/mol. The average molecular weight is 547 g/mol. The molecule has 0 N–H and O–H groups in total. The summed E-state index contributed by atoms with van der Waals surface area (Å²) >= 11 is 17.0. The number of hydrogen-bond acceptors (Lipinski definition) is 8. The zero-order valence-corrected chi connectivity index (χ0v) is 23.2. The van der Waals surface area contributed by atoms with Crippen LogP contribution in [0.4, 0.5) is 0 Å². The maximum atomic E-state index is 13.5. The number of ether oxygens (including phenoxy) is 2. The topological polar surface area (TPSA) is 52.6 Å². The molecular weight excluding hydrogens is 513 g/mol. The molecule has 9 heteroatoms. The zero-order chi connectivity index (χ0) is 24.1. The lowest BCUT2D eigenvalue weighted by atomic mass is 10.1. The summed E-state index contributed by atoms with van der Waals surface area (Å²) in [5.74, 6) is 4.36. The highest BCUT2D eigenvalue weighted by Crippen LogP contribution is 2.31. The Bertz CT molecular complexity index is 892. The first-order chi connectivity index (χ1) is 16.0. The fraction of sp³-hybridized carbons (Fsp3) is 0.500. The van der Waals surface area contributed by atoms with Gasteiger partial charge in [-0.05, 0) is 109 Å². The van der Waals surface area contributed by atoms with Crippen molar-refractivity contribution in [3.8, 4) is 11.5 Å². The Hall–Kier alpha value is -0.610. The molecule has 2 aromatic carbocycles. The highest BCUT2D eigenvalue weighted by atomic mass is 32.2. The van der Waals surface area contributed by atoms with Crippen molar-refractivity contribution in [1.82, 2.24) is 0 Å². The molecule has 0 aliphatic carbocycles. The van der Waals surface area contributed by atoms with Gasteiger partial charge in [-0.2, -0.15) is 50.5 Å². The van der Waals surface area contributed by atoms with Gasteiger partial charge >= 0.3 is 0 Å². The standard InChI is InChI=1S/C24H34O4S5/c25-33(26,21-7-9-23(27-11-3-15-31)19(17-21)5-1-13-29)22-8-10-24(28-12-4-16-32)20(18-22)6-2-14-30/h7-10,17-18,29-32H,1-6,11-16H2. The molecule has 0 radical (unpaired) electrons. The van der Waals surface area contributed by atoms with Crippen molar-refractivity contribution in [3.63, 3.8) is 0 Å². The summed E-state index contributed by atoms with van der Waals surface area (Å²) < 4.78 is 38.7. The molecule has 0 amide bonds. The van der Waals surface area contributed by atoms with Crippen LogP contribution in [0.2, 0.25) is 0 Å². The summed E-state index contributed by atoms with van der Waals surface area (Å²) in [6.45, 7) is 1.10. The van der Waals surface area contributed by atoms with E-state index in [1.165, 1.54) is 0 Å². The van der Waals surface area contributed by atoms with Gasteiger partial charge in [0.25, 0.3) is 0 Å². The third-order valence-corrected chi connectivity index (χ3v) is 8.03. The van der Waals surface area contributed by atoms with E-state index in [1.807, 2.05) is 0 Å². The van der Waals surface area contributed by atoms with E-state index in [2.05, 4.69) is 50.5 Å². The highest BCUT2D eigenvalue weighted by molar-refractivity contribution is 7.91. The molecule has 0 saturated carbocycles. The van der Waals surface area contributed by atoms with E-state index in [-0.39, 0.29) is 9.79 Å². The van der Waals surface area contributed by atoms with E-state index in [0.29, 0.717) is 26.1 Å². The number of sulfone groups is 1. The van der Waals surface area contributed by atoms with Crippen LogP contribution < -0.4 is 9.47 Å². The van der Waals surface area contributed by atoms with Gasteiger partial charge in [-0.25, -0.2) is 8.42 Å². The maximum absolute atomic E-state index is 13.5. The Morgan fingerprint density at radius 3 is 1.36 bits per heavy atom. The molecule has 0 unspecified atom stereocenters. The first kappa shape index (κ1) is 28.6. The minimum Gasteiger partial charge on any atom is -0.493 e. The largest absolute Gasteiger partial charge is 0.493 e. The van der Waals surface area contributed by atoms with Gasteiger partial charge < -0.3 is 9.47 Å². The van der Waals surface area contributed by atoms with Gasteiger partial charge in [0.05, 0.1) is 23.0 Å². The molecule has 184 valence electrons. The summed E-state index contributed by atoms with van der Waals surface area (Å²) in [5, 5.41) is 0. The quantitative estimate of drug-likeness (QED) is 0.163. The lowest BCUT2D eigenvalue weighted by molar-refractivity contribution is 0.315. The number of rotatable bonds is 16. The molecule has 0 aliphatic heterocycles. The first-order valence-electron chi connectivity index (χ1n) is 11.2. The SMILES string of the molecule is O=S(=O)(c1ccc(OCCCS)c(CCCS)c1)c1ccc(OCCCS)c(CCCS)c1. The molecule has 0 aromatic heterocycles. The molecule has 0 saturated heterocycles. The summed E-state index contributed by atoms with van der Waals surface area (Å²) in [5.41, 5.74) is 1.76. The lowest BCUT2D eigenvalue weighted by Gasteiger charge is -2.15. The minimum atomic E-state index is -3.69. The Balaban J connectivity index is 2.38. The smallest absolute Gasteiger partial charge is 0.206 e. The Morgan fingerprint density at radius 2 is 1.00 bits per heavy atom. The number of thiol groups is 4. The lowest BCUT2D eigenvalue weighted by Crippen LogP contribution is -2.07. The molecule has 0 atom stereocenters. The van der Waals surface area contributed by atoms with Crippen molar-refractivity contribution in [2.75, 3.05) is 36.2 Å². The second-order valence-electron chi connectivity index (χ2n) is 7.55. The molecule has 0 heterocycles. The molecule has 33 heavy (non-hydrogen) atoms. The van der Waals surface area contributed by atoms with Crippen LogP contribution >= 0.6 is 50.5 Å². The summed E-state index contributed by atoms with van der Waals surface area (Å²) in [6, 6.07) is 10.2. The van der Waals surface area contributed by atoms with Crippen LogP contribution in [0.1, 0.15) is 36.8 Å². The minimum absolute atomic E-state index is 0.266. The average Bonchev–Trinajstić information content (AvgIpc) is 2.82. The van der Waals surface area contributed by atoms with Crippen LogP contribution in [-0.4, -0.2) is 44.6 Å². The Morgan fingerprint density at radius 1 is 0.606 bits per heavy atom. The van der Waals surface area contributed by atoms with Crippen LogP contribution in [0.15, 0.2) is 46.2 Å². The van der Waals surface area contributed by atoms with Crippen molar-refractivity contribution < 1.29 is 17.9 Å². The van der Waals surface area contributed by atoms with Gasteiger partial charge in [-0.1, -0.05) is 0 Å². The van der Waals surface area contributed by atoms with E-state index in [4.69, 9.17) is 9.47 Å². The second-order valence-corrected chi connectivity index (χ2v) is 11.3. The van der Waals surface area contributed by atoms with Crippen molar-refractivity contribution in [1.29, 1.82) is 0 Å². The van der Waals surface area contributed by atoms with Gasteiger partial charge in [0.2, 0.25) is 9.84 Å². The Labute approximate surface area is 220 Å². The van der Waals surface area contributed by atoms with Crippen LogP contribution in [0, 0.1) is 0 Å². The van der Waals surface area contributed by atoms with Crippen molar-refractivity contribution in [3.05, 3.63) is 47.5 Å². The first-order valence-corrected chi connectivity index (χ1v) is 15.2. The summed E-state index contributed by atoms with van der Waals surface area (Å²) in [6.07, 6.45) is 4.73. The number of hydrogen-bond donors (Lipinski definition) is 4. The van der Waals surface area contributed by atoms with E-state index in [0.717, 1.165) is 71.3 Å². The third-order valence-electron chi connectivity index (χ3n) is 5.01. The third kappa shape index (κ3) is 8.84. The molecule has 0 bridgehead atoms. The van der Waals surface area contributed by atoms with Crippen LogP contribution in [-0.2, 0) is 22.7 Å². The van der Waals surface area contributed by atoms with E-state index in [1.54, 1.807) is 36.4 Å². The molecular formula is C24H34O4S5. The molecule has 0 fully saturated rings. The molecule has 0 aliphatic rings. The van der Waals surface area contributed by atoms with Crippen molar-refractivity contribution >= 4 is 60.4 Å². The van der Waals surface area contributed by atoms with E-state index < -0.39 is 9.84 Å². The second kappa shape index (κ2) is 15.4. The normalized spacial score (nSPS) is 11.5. The monoisotopic (exact) mass is 546 g/mol. The van der Waals surface area contributed by atoms with Gasteiger partial charge in [0, 0.05) is 0 Å². The summed E-state index contributed by atoms with van der Waals surface area (Å²) in [7, 11) is -3.69. The van der Waals surface area contributed by atoms with Crippen molar-refractivity contribution in [2.45, 2.75) is 48.3 Å². The zero-order valence-electron chi connectivity index (χ0n) is 18.8. The highest BCUT2D eigenvalue weighted by Gasteiger charge is 2.21. The fourth-order valence-electron chi connectivity index (χ4n) is 3.29. The van der Waals surface area contributed by atoms with E-state index in [9.17, 15) is 8.42 Å². The number of aryl methyl sites for hydroxylation is 2. The predicted octanol–water partition coefficient (Wildman–Crippen LogP) is 5.64. The van der Waals surface area contributed by atoms with Crippen LogP contribution in [0.25, 0.3) is 0 Å². The molecule has 0 spiro atoms. The summed E-state index contributed by atoms with van der Waals surface area (Å²) in [4.78, 5) is 0.532. The molecule has 2 rings (SSSR count). The van der Waals surface area contributed by atoms with Gasteiger partial charge in [-0.3, -0.25) is 0 Å². The van der Waals surface area contributed by atoms with E-state index >= 15 is 0 Å². The fourth-order valence-corrected chi connectivity index (χ4v) is 5.22. The van der Waals surface area contributed by atoms with Gasteiger partial charge in [0.1, 0.15) is 11.5 Å². The van der Waals surface area contributed by atoms with Gasteiger partial charge in [-0.15, -0.1) is 0 Å². The van der Waals surface area contributed by atoms with Crippen LogP contribution in [0.3, 0.4) is 0 Å². The van der Waals surface area contributed by atoms with Crippen molar-refractivity contribution in [2.24, 2.45) is 0 Å². The maximum Gasteiger partial charge on any atom is 0.206 e. The van der Waals surface area contributed by atoms with Gasteiger partial charge in [0.15, 0.2) is 0 Å².